The van der Waals surface area contributed by atoms with E-state index in [9.17, 15) is 14.7 Å². The second-order valence-electron chi connectivity index (χ2n) is 6.96. The average Bonchev–Trinajstić information content (AvgIpc) is 2.79. The van der Waals surface area contributed by atoms with Crippen LogP contribution < -0.4 is 10.1 Å². The van der Waals surface area contributed by atoms with E-state index < -0.39 is 12.1 Å². The quantitative estimate of drug-likeness (QED) is 0.392. The number of halogens is 1. The van der Waals surface area contributed by atoms with E-state index in [1.807, 2.05) is 73.7 Å². The fourth-order valence-corrected chi connectivity index (χ4v) is 3.42. The average molecular weight is 496 g/mol. The highest BCUT2D eigenvalue weighted by molar-refractivity contribution is 9.10. The van der Waals surface area contributed by atoms with Gasteiger partial charge in [0.1, 0.15) is 24.7 Å². The topological polar surface area (TPSA) is 84.9 Å². The van der Waals surface area contributed by atoms with Crippen molar-refractivity contribution in [2.45, 2.75) is 20.1 Å². The lowest BCUT2D eigenvalue weighted by atomic mass is 10.1. The number of aryl methyl sites for hydroxylation is 1. The Morgan fingerprint density at radius 3 is 2.16 bits per heavy atom. The van der Waals surface area contributed by atoms with Gasteiger partial charge in [-0.2, -0.15) is 0 Å². The molecule has 3 rings (SSSR count). The maximum absolute atomic E-state index is 12.1. The van der Waals surface area contributed by atoms with Gasteiger partial charge in [-0.05, 0) is 47.4 Å². The smallest absolute Gasteiger partial charge is 0.412 e. The van der Waals surface area contributed by atoms with Crippen molar-refractivity contribution >= 4 is 34.1 Å². The van der Waals surface area contributed by atoms with Crippen LogP contribution in [0.4, 0.5) is 4.79 Å². The number of alkyl carbamates (subject to hydrolysis) is 1. The van der Waals surface area contributed by atoms with Crippen LogP contribution in [0.15, 0.2) is 83.0 Å². The molecule has 0 radical (unpaired) electrons. The van der Waals surface area contributed by atoms with Gasteiger partial charge in [0.15, 0.2) is 0 Å². The Bertz CT molecular complexity index is 1110. The number of amides is 1. The van der Waals surface area contributed by atoms with E-state index in [2.05, 4.69) is 21.2 Å². The predicted molar refractivity (Wildman–Crippen MR) is 125 cm³/mol. The minimum absolute atomic E-state index is 0.0330. The Morgan fingerprint density at radius 1 is 0.969 bits per heavy atom. The van der Waals surface area contributed by atoms with Crippen molar-refractivity contribution in [3.05, 3.63) is 105 Å². The SMILES string of the molecule is Cc1cc(Br)c(/C=C(\NC(=O)OCc2ccccc2)C(=O)O)cc1OCc1ccccc1. The number of nitrogens with one attached hydrogen (secondary N) is 1. The van der Waals surface area contributed by atoms with E-state index in [0.29, 0.717) is 22.4 Å². The van der Waals surface area contributed by atoms with Crippen molar-refractivity contribution in [2.24, 2.45) is 0 Å². The molecule has 0 aromatic heterocycles. The number of hydrogen-bond acceptors (Lipinski definition) is 4. The molecular formula is C25H22BrNO5. The molecule has 3 aromatic rings. The number of rotatable bonds is 8. The number of carboxylic acid groups (broad SMARTS) is 1. The monoisotopic (exact) mass is 495 g/mol. The predicted octanol–water partition coefficient (Wildman–Crippen LogP) is 5.69. The highest BCUT2D eigenvalue weighted by Gasteiger charge is 2.15. The summed E-state index contributed by atoms with van der Waals surface area (Å²) in [6.45, 7) is 2.31. The summed E-state index contributed by atoms with van der Waals surface area (Å²) in [6, 6.07) is 22.4. The van der Waals surface area contributed by atoms with Gasteiger partial charge < -0.3 is 14.6 Å². The highest BCUT2D eigenvalue weighted by Crippen LogP contribution is 2.29. The van der Waals surface area contributed by atoms with E-state index in [4.69, 9.17) is 9.47 Å². The molecule has 3 aromatic carbocycles. The number of aliphatic carboxylic acids is 1. The summed E-state index contributed by atoms with van der Waals surface area (Å²) in [5.74, 6) is -0.680. The highest BCUT2D eigenvalue weighted by atomic mass is 79.9. The normalized spacial score (nSPS) is 11.0. The minimum atomic E-state index is -1.29. The number of carbonyl (C=O) groups excluding carboxylic acids is 1. The van der Waals surface area contributed by atoms with Crippen LogP contribution in [0, 0.1) is 6.92 Å². The van der Waals surface area contributed by atoms with Gasteiger partial charge in [-0.3, -0.25) is 5.32 Å². The Morgan fingerprint density at radius 2 is 1.56 bits per heavy atom. The summed E-state index contributed by atoms with van der Waals surface area (Å²) in [5, 5.41) is 11.8. The van der Waals surface area contributed by atoms with E-state index in [-0.39, 0.29) is 12.3 Å². The fraction of sp³-hybridized carbons (Fsp3) is 0.120. The molecule has 0 aliphatic rings. The summed E-state index contributed by atoms with van der Waals surface area (Å²) in [5.41, 5.74) is 2.92. The van der Waals surface area contributed by atoms with Crippen molar-refractivity contribution in [3.8, 4) is 5.75 Å². The molecule has 0 unspecified atom stereocenters. The molecule has 6 nitrogen and oxygen atoms in total. The van der Waals surface area contributed by atoms with Gasteiger partial charge in [-0.15, -0.1) is 0 Å². The molecule has 0 bridgehead atoms. The lowest BCUT2D eigenvalue weighted by Crippen LogP contribution is -2.27. The van der Waals surface area contributed by atoms with Gasteiger partial charge >= 0.3 is 12.1 Å². The lowest BCUT2D eigenvalue weighted by Gasteiger charge is -2.13. The molecule has 7 heteroatoms. The summed E-state index contributed by atoms with van der Waals surface area (Å²) < 4.78 is 11.7. The second kappa shape index (κ2) is 11.2. The van der Waals surface area contributed by atoms with Crippen molar-refractivity contribution < 1.29 is 24.2 Å². The van der Waals surface area contributed by atoms with E-state index in [1.54, 1.807) is 6.07 Å². The second-order valence-corrected chi connectivity index (χ2v) is 7.82. The number of benzene rings is 3. The summed E-state index contributed by atoms with van der Waals surface area (Å²) in [7, 11) is 0. The van der Waals surface area contributed by atoms with Crippen LogP contribution in [0.2, 0.25) is 0 Å². The van der Waals surface area contributed by atoms with Crippen molar-refractivity contribution in [1.82, 2.24) is 5.32 Å². The molecule has 0 fully saturated rings. The summed E-state index contributed by atoms with van der Waals surface area (Å²) in [4.78, 5) is 23.8. The van der Waals surface area contributed by atoms with E-state index >= 15 is 0 Å². The number of carboxylic acids is 1. The molecule has 2 N–H and O–H groups in total. The molecule has 0 saturated heterocycles. The van der Waals surface area contributed by atoms with Gasteiger partial charge in [-0.25, -0.2) is 9.59 Å². The van der Waals surface area contributed by atoms with E-state index in [0.717, 1.165) is 16.7 Å². The van der Waals surface area contributed by atoms with Crippen molar-refractivity contribution in [2.75, 3.05) is 0 Å². The van der Waals surface area contributed by atoms with Crippen molar-refractivity contribution in [3.63, 3.8) is 0 Å². The Hall–Kier alpha value is -3.58. The Kier molecular flexibility index (Phi) is 8.05. The maximum Gasteiger partial charge on any atom is 0.412 e. The van der Waals surface area contributed by atoms with Gasteiger partial charge in [0.25, 0.3) is 0 Å². The van der Waals surface area contributed by atoms with Crippen LogP contribution in [0.25, 0.3) is 6.08 Å². The zero-order chi connectivity index (χ0) is 22.9. The molecule has 0 heterocycles. The van der Waals surface area contributed by atoms with Crippen LogP contribution >= 0.6 is 15.9 Å². The first-order valence-electron chi connectivity index (χ1n) is 9.82. The number of carbonyl (C=O) groups is 2. The maximum atomic E-state index is 12.1. The largest absolute Gasteiger partial charge is 0.489 e. The first-order valence-corrected chi connectivity index (χ1v) is 10.6. The molecule has 0 saturated carbocycles. The zero-order valence-electron chi connectivity index (χ0n) is 17.4. The molecule has 0 atom stereocenters. The molecule has 0 spiro atoms. The van der Waals surface area contributed by atoms with Gasteiger partial charge in [0.2, 0.25) is 0 Å². The van der Waals surface area contributed by atoms with Crippen LogP contribution in [0.5, 0.6) is 5.75 Å². The fourth-order valence-electron chi connectivity index (χ4n) is 2.85. The minimum Gasteiger partial charge on any atom is -0.489 e. The van der Waals surface area contributed by atoms with Crippen LogP contribution in [-0.2, 0) is 22.7 Å². The van der Waals surface area contributed by atoms with Gasteiger partial charge in [-0.1, -0.05) is 76.6 Å². The van der Waals surface area contributed by atoms with E-state index in [1.165, 1.54) is 6.08 Å². The lowest BCUT2D eigenvalue weighted by molar-refractivity contribution is -0.132. The van der Waals surface area contributed by atoms with Gasteiger partial charge in [0, 0.05) is 4.47 Å². The number of ether oxygens (including phenoxy) is 2. The van der Waals surface area contributed by atoms with Crippen LogP contribution in [0.3, 0.4) is 0 Å². The van der Waals surface area contributed by atoms with Crippen LogP contribution in [0.1, 0.15) is 22.3 Å². The zero-order valence-corrected chi connectivity index (χ0v) is 19.0. The molecule has 1 amide bonds. The molecule has 164 valence electrons. The van der Waals surface area contributed by atoms with Crippen LogP contribution in [-0.4, -0.2) is 17.2 Å². The molecule has 32 heavy (non-hydrogen) atoms. The third kappa shape index (κ3) is 6.72. The van der Waals surface area contributed by atoms with Gasteiger partial charge in [0.05, 0.1) is 0 Å². The first kappa shape index (κ1) is 23.1. The first-order chi connectivity index (χ1) is 15.4. The van der Waals surface area contributed by atoms with Crippen molar-refractivity contribution in [1.29, 1.82) is 0 Å². The molecule has 0 aliphatic carbocycles. The Labute approximate surface area is 194 Å². The third-order valence-electron chi connectivity index (χ3n) is 4.51. The third-order valence-corrected chi connectivity index (χ3v) is 5.20. The summed E-state index contributed by atoms with van der Waals surface area (Å²) in [6.07, 6.45) is 0.497. The standard InChI is InChI=1S/C25H22BrNO5/c1-17-12-21(26)20(14-23(17)31-15-18-8-4-2-5-9-18)13-22(24(28)29)27-25(30)32-16-19-10-6-3-7-11-19/h2-14H,15-16H2,1H3,(H,27,30)(H,28,29)/b22-13-. The molecule has 0 aliphatic heterocycles. The molecular weight excluding hydrogens is 474 g/mol. The number of hydrogen-bond donors (Lipinski definition) is 2. The Balaban J connectivity index is 1.73. The summed E-state index contributed by atoms with van der Waals surface area (Å²) >= 11 is 3.45.